The van der Waals surface area contributed by atoms with Crippen molar-refractivity contribution in [2.45, 2.75) is 31.1 Å². The van der Waals surface area contributed by atoms with Crippen molar-refractivity contribution in [2.24, 2.45) is 5.92 Å². The first kappa shape index (κ1) is 22.4. The molecule has 2 unspecified atom stereocenters. The fourth-order valence-corrected chi connectivity index (χ4v) is 5.06. The Balaban J connectivity index is 1.87. The maximum absolute atomic E-state index is 14.4. The second-order valence-electron chi connectivity index (χ2n) is 7.42. The number of hydrogen-bond acceptors (Lipinski definition) is 4. The van der Waals surface area contributed by atoms with Gasteiger partial charge in [0.1, 0.15) is 10.7 Å². The van der Waals surface area contributed by atoms with Crippen LogP contribution in [0.2, 0.25) is 0 Å². The quantitative estimate of drug-likeness (QED) is 0.722. The minimum absolute atomic E-state index is 0.0735. The number of nitrogens with zero attached hydrogens (tertiary/aromatic N) is 1. The number of carbonyl (C=O) groups excluding carboxylic acids is 1. The number of hydrogen-bond donors (Lipinski definition) is 1. The fraction of sp³-hybridized carbons (Fsp3) is 0.409. The van der Waals surface area contributed by atoms with Gasteiger partial charge in [-0.25, -0.2) is 12.8 Å². The lowest BCUT2D eigenvalue weighted by Gasteiger charge is -2.26. The molecule has 8 heteroatoms. The standard InChI is InChI=1S/C22H27FN2O4S/c1-3-16(2)21(17-7-5-4-6-8-17)22(26)24-18-9-10-19(23)20(15-18)30(27,28)25-11-13-29-14-12-25/h4-10,15-16,21H,3,11-14H2,1-2H3,(H,24,26). The third kappa shape index (κ3) is 4.88. The van der Waals surface area contributed by atoms with Crippen LogP contribution in [-0.2, 0) is 19.6 Å². The van der Waals surface area contributed by atoms with Crippen molar-refractivity contribution >= 4 is 21.6 Å². The van der Waals surface area contributed by atoms with Crippen LogP contribution in [0.3, 0.4) is 0 Å². The van der Waals surface area contributed by atoms with Gasteiger partial charge in [-0.3, -0.25) is 4.79 Å². The Morgan fingerprint density at radius 3 is 2.47 bits per heavy atom. The van der Waals surface area contributed by atoms with Gasteiger partial charge in [-0.1, -0.05) is 50.6 Å². The van der Waals surface area contributed by atoms with Crippen LogP contribution in [0, 0.1) is 11.7 Å². The lowest BCUT2D eigenvalue weighted by Crippen LogP contribution is -2.40. The van der Waals surface area contributed by atoms with E-state index in [1.54, 1.807) is 0 Å². The second-order valence-corrected chi connectivity index (χ2v) is 9.33. The summed E-state index contributed by atoms with van der Waals surface area (Å²) < 4.78 is 46.5. The van der Waals surface area contributed by atoms with Crippen molar-refractivity contribution in [1.29, 1.82) is 0 Å². The summed E-state index contributed by atoms with van der Waals surface area (Å²) in [4.78, 5) is 12.6. The molecule has 3 rings (SSSR count). The van der Waals surface area contributed by atoms with E-state index in [0.29, 0.717) is 0 Å². The van der Waals surface area contributed by atoms with E-state index >= 15 is 0 Å². The van der Waals surface area contributed by atoms with Crippen molar-refractivity contribution in [3.05, 3.63) is 59.9 Å². The van der Waals surface area contributed by atoms with Gasteiger partial charge in [-0.2, -0.15) is 4.31 Å². The van der Waals surface area contributed by atoms with Gasteiger partial charge < -0.3 is 10.1 Å². The van der Waals surface area contributed by atoms with Crippen LogP contribution in [0.1, 0.15) is 31.7 Å². The van der Waals surface area contributed by atoms with Crippen molar-refractivity contribution in [3.63, 3.8) is 0 Å². The lowest BCUT2D eigenvalue weighted by molar-refractivity contribution is -0.118. The van der Waals surface area contributed by atoms with Gasteiger partial charge in [-0.15, -0.1) is 0 Å². The zero-order valence-corrected chi connectivity index (χ0v) is 18.0. The number of sulfonamides is 1. The molecule has 1 amide bonds. The van der Waals surface area contributed by atoms with Crippen LogP contribution in [0.4, 0.5) is 10.1 Å². The minimum atomic E-state index is -4.02. The molecule has 2 aromatic rings. The highest BCUT2D eigenvalue weighted by Crippen LogP contribution is 2.30. The van der Waals surface area contributed by atoms with Crippen LogP contribution >= 0.6 is 0 Å². The number of amides is 1. The Morgan fingerprint density at radius 2 is 1.83 bits per heavy atom. The number of halogens is 1. The number of carbonyl (C=O) groups is 1. The van der Waals surface area contributed by atoms with Crippen LogP contribution in [0.15, 0.2) is 53.4 Å². The molecule has 30 heavy (non-hydrogen) atoms. The predicted octanol–water partition coefficient (Wildman–Crippen LogP) is 3.62. The molecular weight excluding hydrogens is 407 g/mol. The molecule has 1 N–H and O–H groups in total. The highest BCUT2D eigenvalue weighted by molar-refractivity contribution is 7.89. The third-order valence-corrected chi connectivity index (χ3v) is 7.35. The third-order valence-electron chi connectivity index (χ3n) is 5.44. The molecule has 6 nitrogen and oxygen atoms in total. The molecule has 1 aliphatic rings. The predicted molar refractivity (Wildman–Crippen MR) is 113 cm³/mol. The Morgan fingerprint density at radius 1 is 1.17 bits per heavy atom. The van der Waals surface area contributed by atoms with E-state index in [0.717, 1.165) is 18.1 Å². The number of benzene rings is 2. The summed E-state index contributed by atoms with van der Waals surface area (Å²) in [6.45, 7) is 4.88. The average Bonchev–Trinajstić information content (AvgIpc) is 2.76. The molecule has 2 aromatic carbocycles. The number of morpholine rings is 1. The second kappa shape index (κ2) is 9.68. The Labute approximate surface area is 177 Å². The maximum Gasteiger partial charge on any atom is 0.246 e. The maximum atomic E-state index is 14.4. The van der Waals surface area contributed by atoms with E-state index in [1.807, 2.05) is 44.2 Å². The van der Waals surface area contributed by atoms with E-state index in [4.69, 9.17) is 4.74 Å². The van der Waals surface area contributed by atoms with Gasteiger partial charge in [0.05, 0.1) is 19.1 Å². The smallest absolute Gasteiger partial charge is 0.246 e. The normalized spacial score (nSPS) is 17.3. The molecule has 0 radical (unpaired) electrons. The van der Waals surface area contributed by atoms with Crippen molar-refractivity contribution in [3.8, 4) is 0 Å². The number of ether oxygens (including phenoxy) is 1. The van der Waals surface area contributed by atoms with Crippen molar-refractivity contribution < 1.29 is 22.3 Å². The molecule has 2 atom stereocenters. The van der Waals surface area contributed by atoms with Gasteiger partial charge in [0.25, 0.3) is 0 Å². The highest BCUT2D eigenvalue weighted by atomic mass is 32.2. The molecule has 0 spiro atoms. The van der Waals surface area contributed by atoms with Crippen molar-refractivity contribution in [2.75, 3.05) is 31.6 Å². The summed E-state index contributed by atoms with van der Waals surface area (Å²) in [5.74, 6) is -1.43. The molecular formula is C22H27FN2O4S. The van der Waals surface area contributed by atoms with Crippen LogP contribution < -0.4 is 5.32 Å². The molecule has 0 aromatic heterocycles. The number of nitrogens with one attached hydrogen (secondary N) is 1. The molecule has 1 saturated heterocycles. The first-order chi connectivity index (χ1) is 14.3. The summed E-state index contributed by atoms with van der Waals surface area (Å²) in [5, 5.41) is 2.79. The molecule has 0 saturated carbocycles. The molecule has 1 fully saturated rings. The lowest BCUT2D eigenvalue weighted by atomic mass is 9.85. The molecule has 0 bridgehead atoms. The van der Waals surface area contributed by atoms with Crippen LogP contribution in [-0.4, -0.2) is 44.9 Å². The number of rotatable bonds is 7. The van der Waals surface area contributed by atoms with Crippen molar-refractivity contribution in [1.82, 2.24) is 4.31 Å². The van der Waals surface area contributed by atoms with Gasteiger partial charge in [0.2, 0.25) is 15.9 Å². The monoisotopic (exact) mass is 434 g/mol. The number of anilines is 1. The van der Waals surface area contributed by atoms with Gasteiger partial charge in [0, 0.05) is 18.8 Å². The SMILES string of the molecule is CCC(C)C(C(=O)Nc1ccc(F)c(S(=O)(=O)N2CCOCC2)c1)c1ccccc1. The zero-order valence-electron chi connectivity index (χ0n) is 17.2. The van der Waals surface area contributed by atoms with E-state index < -0.39 is 26.7 Å². The van der Waals surface area contributed by atoms with Crippen LogP contribution in [0.5, 0.6) is 0 Å². The largest absolute Gasteiger partial charge is 0.379 e. The fourth-order valence-electron chi connectivity index (χ4n) is 3.56. The molecule has 1 heterocycles. The Hall–Kier alpha value is -2.29. The van der Waals surface area contributed by atoms with Gasteiger partial charge in [0.15, 0.2) is 0 Å². The summed E-state index contributed by atoms with van der Waals surface area (Å²) in [6, 6.07) is 13.1. The Kier molecular flexibility index (Phi) is 7.23. The zero-order chi connectivity index (χ0) is 21.7. The Bertz CT molecular complexity index is 976. The summed E-state index contributed by atoms with van der Waals surface area (Å²) in [6.07, 6.45) is 0.799. The van der Waals surface area contributed by atoms with E-state index in [2.05, 4.69) is 5.32 Å². The first-order valence-electron chi connectivity index (χ1n) is 10.1. The minimum Gasteiger partial charge on any atom is -0.379 e. The molecule has 0 aliphatic carbocycles. The summed E-state index contributed by atoms with van der Waals surface area (Å²) in [5.41, 5.74) is 1.13. The van der Waals surface area contributed by atoms with Gasteiger partial charge in [-0.05, 0) is 29.7 Å². The van der Waals surface area contributed by atoms with Gasteiger partial charge >= 0.3 is 0 Å². The molecule has 162 valence electrons. The van der Waals surface area contributed by atoms with E-state index in [1.165, 1.54) is 16.4 Å². The van der Waals surface area contributed by atoms with E-state index in [9.17, 15) is 17.6 Å². The summed E-state index contributed by atoms with van der Waals surface area (Å²) in [7, 11) is -4.02. The van der Waals surface area contributed by atoms with Crippen LogP contribution in [0.25, 0.3) is 0 Å². The summed E-state index contributed by atoms with van der Waals surface area (Å²) >= 11 is 0. The highest BCUT2D eigenvalue weighted by Gasteiger charge is 2.30. The van der Waals surface area contributed by atoms with E-state index in [-0.39, 0.29) is 43.8 Å². The first-order valence-corrected chi connectivity index (χ1v) is 11.5. The topological polar surface area (TPSA) is 75.7 Å². The molecule has 1 aliphatic heterocycles. The average molecular weight is 435 g/mol.